The van der Waals surface area contributed by atoms with E-state index in [1.165, 1.54) is 7.11 Å². The van der Waals surface area contributed by atoms with Gasteiger partial charge in [-0.25, -0.2) is 0 Å². The minimum Gasteiger partial charge on any atom is -0.346 e. The van der Waals surface area contributed by atoms with Crippen LogP contribution in [0.1, 0.15) is 0 Å². The van der Waals surface area contributed by atoms with Gasteiger partial charge in [0.1, 0.15) is 0 Å². The van der Waals surface area contributed by atoms with Gasteiger partial charge in [0.2, 0.25) is 12.2 Å². The first kappa shape index (κ1) is 7.01. The minimum absolute atomic E-state index is 0.619. The van der Waals surface area contributed by atoms with E-state index in [0.29, 0.717) is 0 Å². The molecule has 10 heavy (non-hydrogen) atoms. The number of nitrogens with one attached hydrogen (secondary N) is 2. The molecule has 1 heterocycles. The molecule has 0 aromatic heterocycles. The Labute approximate surface area is 57.0 Å². The fourth-order valence-corrected chi connectivity index (χ4v) is 0.571. The molecule has 0 spiro atoms. The van der Waals surface area contributed by atoms with Crippen LogP contribution >= 0.6 is 0 Å². The van der Waals surface area contributed by atoms with Gasteiger partial charge in [0.25, 0.3) is 5.91 Å². The summed E-state index contributed by atoms with van der Waals surface area (Å²) in [5.74, 6) is -1.60. The van der Waals surface area contributed by atoms with E-state index in [9.17, 15) is 9.18 Å². The number of rotatable bonds is 1. The second-order valence-corrected chi connectivity index (χ2v) is 1.75. The topological polar surface area (TPSA) is 50.4 Å². The molecule has 1 amide bonds. The highest BCUT2D eigenvalue weighted by atomic mass is 19.1. The van der Waals surface area contributed by atoms with Gasteiger partial charge in [-0.15, -0.1) is 0 Å². The van der Waals surface area contributed by atoms with Crippen molar-refractivity contribution in [3.8, 4) is 0 Å². The lowest BCUT2D eigenvalue weighted by Gasteiger charge is -2.20. The molecular weight excluding hydrogens is 139 g/mol. The van der Waals surface area contributed by atoms with Crippen LogP contribution in [0.5, 0.6) is 0 Å². The van der Waals surface area contributed by atoms with Gasteiger partial charge in [-0.3, -0.25) is 4.79 Å². The van der Waals surface area contributed by atoms with E-state index in [4.69, 9.17) is 0 Å². The number of halogens is 1. The summed E-state index contributed by atoms with van der Waals surface area (Å²) in [5, 5.41) is 4.66. The van der Waals surface area contributed by atoms with Crippen LogP contribution in [-0.4, -0.2) is 19.4 Å². The first-order valence-electron chi connectivity index (χ1n) is 2.69. The SMILES string of the molecule is COC1NC=C(F)C(=O)N1. The maximum absolute atomic E-state index is 12.2. The molecule has 4 nitrogen and oxygen atoms in total. The van der Waals surface area contributed by atoms with Gasteiger partial charge in [0.15, 0.2) is 0 Å². The van der Waals surface area contributed by atoms with Crippen molar-refractivity contribution < 1.29 is 13.9 Å². The summed E-state index contributed by atoms with van der Waals surface area (Å²) in [7, 11) is 1.40. The third kappa shape index (κ3) is 1.24. The van der Waals surface area contributed by atoms with Crippen molar-refractivity contribution in [3.05, 3.63) is 12.0 Å². The molecule has 0 aromatic carbocycles. The summed E-state index contributed by atoms with van der Waals surface area (Å²) in [4.78, 5) is 10.5. The van der Waals surface area contributed by atoms with E-state index in [1.807, 2.05) is 0 Å². The van der Waals surface area contributed by atoms with Crippen LogP contribution in [0.3, 0.4) is 0 Å². The van der Waals surface area contributed by atoms with Gasteiger partial charge < -0.3 is 15.4 Å². The second kappa shape index (κ2) is 2.66. The van der Waals surface area contributed by atoms with Crippen molar-refractivity contribution in [1.82, 2.24) is 10.6 Å². The van der Waals surface area contributed by atoms with Gasteiger partial charge in [0.05, 0.1) is 0 Å². The lowest BCUT2D eigenvalue weighted by Crippen LogP contribution is -2.48. The monoisotopic (exact) mass is 146 g/mol. The fraction of sp³-hybridized carbons (Fsp3) is 0.400. The van der Waals surface area contributed by atoms with Crippen LogP contribution in [0.15, 0.2) is 12.0 Å². The Balaban J connectivity index is 2.59. The van der Waals surface area contributed by atoms with Crippen LogP contribution in [0.25, 0.3) is 0 Å². The van der Waals surface area contributed by atoms with E-state index in [-0.39, 0.29) is 0 Å². The first-order valence-corrected chi connectivity index (χ1v) is 2.69. The van der Waals surface area contributed by atoms with Gasteiger partial charge in [-0.1, -0.05) is 0 Å². The van der Waals surface area contributed by atoms with E-state index >= 15 is 0 Å². The molecule has 0 saturated heterocycles. The highest BCUT2D eigenvalue weighted by Gasteiger charge is 2.18. The van der Waals surface area contributed by atoms with Crippen LogP contribution in [0.4, 0.5) is 4.39 Å². The summed E-state index contributed by atoms with van der Waals surface area (Å²) in [6.45, 7) is 0. The van der Waals surface area contributed by atoms with Gasteiger partial charge in [-0.2, -0.15) is 4.39 Å². The van der Waals surface area contributed by atoms with Crippen LogP contribution < -0.4 is 10.6 Å². The zero-order chi connectivity index (χ0) is 7.56. The van der Waals surface area contributed by atoms with E-state index in [1.54, 1.807) is 0 Å². The Morgan fingerprint density at radius 3 is 3.00 bits per heavy atom. The third-order valence-corrected chi connectivity index (χ3v) is 1.08. The number of carbonyl (C=O) groups excluding carboxylic acids is 1. The molecule has 1 unspecified atom stereocenters. The Hall–Kier alpha value is -1.10. The Morgan fingerprint density at radius 1 is 1.80 bits per heavy atom. The Kier molecular flexibility index (Phi) is 1.86. The molecule has 0 aromatic rings. The quantitative estimate of drug-likeness (QED) is 0.521. The number of hydrogen-bond acceptors (Lipinski definition) is 3. The predicted molar refractivity (Wildman–Crippen MR) is 31.3 cm³/mol. The maximum atomic E-state index is 12.2. The Morgan fingerprint density at radius 2 is 2.50 bits per heavy atom. The smallest absolute Gasteiger partial charge is 0.284 e. The average molecular weight is 146 g/mol. The fourth-order valence-electron chi connectivity index (χ4n) is 0.571. The molecular formula is C5H7FN2O2. The largest absolute Gasteiger partial charge is 0.346 e. The first-order chi connectivity index (χ1) is 4.74. The number of ether oxygens (including phenoxy) is 1. The van der Waals surface area contributed by atoms with E-state index < -0.39 is 18.1 Å². The molecule has 0 aliphatic carbocycles. The molecule has 1 aliphatic heterocycles. The lowest BCUT2D eigenvalue weighted by molar-refractivity contribution is -0.124. The normalized spacial score (nSPS) is 24.8. The average Bonchev–Trinajstić information content (AvgIpc) is 1.95. The molecule has 5 heteroatoms. The molecule has 0 radical (unpaired) electrons. The van der Waals surface area contributed by atoms with Crippen molar-refractivity contribution in [3.63, 3.8) is 0 Å². The highest BCUT2D eigenvalue weighted by Crippen LogP contribution is 1.99. The second-order valence-electron chi connectivity index (χ2n) is 1.75. The van der Waals surface area contributed by atoms with Crippen molar-refractivity contribution in [2.24, 2.45) is 0 Å². The van der Waals surface area contributed by atoms with Crippen LogP contribution in [-0.2, 0) is 9.53 Å². The van der Waals surface area contributed by atoms with Gasteiger partial charge >= 0.3 is 0 Å². The summed E-state index contributed by atoms with van der Waals surface area (Å²) in [6.07, 6.45) is 0.347. The molecule has 56 valence electrons. The molecule has 2 N–H and O–H groups in total. The molecule has 1 atom stereocenters. The maximum Gasteiger partial charge on any atom is 0.284 e. The number of hydrogen-bond donors (Lipinski definition) is 2. The summed E-state index contributed by atoms with van der Waals surface area (Å²) in [6, 6.07) is 0. The minimum atomic E-state index is -0.840. The van der Waals surface area contributed by atoms with Crippen molar-refractivity contribution in [2.75, 3.05) is 7.11 Å². The zero-order valence-corrected chi connectivity index (χ0v) is 5.35. The predicted octanol–water partition coefficient (Wildman–Crippen LogP) is -0.553. The summed E-state index contributed by atoms with van der Waals surface area (Å²) in [5.41, 5.74) is 0. The molecule has 0 saturated carbocycles. The van der Waals surface area contributed by atoms with E-state index in [0.717, 1.165) is 6.20 Å². The van der Waals surface area contributed by atoms with Crippen LogP contribution in [0, 0.1) is 0 Å². The van der Waals surface area contributed by atoms with Crippen molar-refractivity contribution in [1.29, 1.82) is 0 Å². The number of amides is 1. The number of methoxy groups -OCH3 is 1. The third-order valence-electron chi connectivity index (χ3n) is 1.08. The highest BCUT2D eigenvalue weighted by molar-refractivity contribution is 5.91. The van der Waals surface area contributed by atoms with Crippen molar-refractivity contribution >= 4 is 5.91 Å². The van der Waals surface area contributed by atoms with Gasteiger partial charge in [-0.05, 0) is 0 Å². The van der Waals surface area contributed by atoms with Crippen molar-refractivity contribution in [2.45, 2.75) is 6.35 Å². The summed E-state index contributed by atoms with van der Waals surface area (Å²) < 4.78 is 16.9. The van der Waals surface area contributed by atoms with Crippen LogP contribution in [0.2, 0.25) is 0 Å². The van der Waals surface area contributed by atoms with Gasteiger partial charge in [0, 0.05) is 13.3 Å². The molecule has 1 rings (SSSR count). The number of carbonyl (C=O) groups is 1. The summed E-state index contributed by atoms with van der Waals surface area (Å²) >= 11 is 0. The lowest BCUT2D eigenvalue weighted by atomic mass is 10.4. The zero-order valence-electron chi connectivity index (χ0n) is 5.35. The molecule has 0 bridgehead atoms. The molecule has 1 aliphatic rings. The Bertz CT molecular complexity index is 180. The standard InChI is InChI=1S/C5H7FN2O2/c1-10-5-7-2-3(6)4(9)8-5/h2,5,7H,1H3,(H,8,9). The molecule has 0 fully saturated rings. The van der Waals surface area contributed by atoms with E-state index in [2.05, 4.69) is 15.4 Å².